The number of aliphatic hydroxyl groups is 1. The van der Waals surface area contributed by atoms with Gasteiger partial charge in [0.05, 0.1) is 35.0 Å². The molecule has 2 aromatic carbocycles. The minimum Gasteiger partial charge on any atom is -0.510 e. The lowest BCUT2D eigenvalue weighted by Crippen LogP contribution is -2.29. The summed E-state index contributed by atoms with van der Waals surface area (Å²) in [6, 6.07) is 5.66. The summed E-state index contributed by atoms with van der Waals surface area (Å²) in [4.78, 5) is 63.3. The number of aliphatic hydroxyl groups excluding tert-OH is 1. The molecule has 0 spiro atoms. The number of rotatable bonds is 7. The van der Waals surface area contributed by atoms with Crippen LogP contribution < -0.4 is 21.2 Å². The zero-order valence-corrected chi connectivity index (χ0v) is 18.1. The number of carboxylic acid groups (broad SMARTS) is 2. The highest BCUT2D eigenvalue weighted by atomic mass is 16.5. The molecular formula is C21H17N5O9. The zero-order chi connectivity index (χ0) is 25.9. The Morgan fingerprint density at radius 1 is 0.943 bits per heavy atom. The maximum absolute atomic E-state index is 12.8. The molecule has 0 radical (unpaired) electrons. The first-order valence-electron chi connectivity index (χ1n) is 9.59. The fourth-order valence-corrected chi connectivity index (χ4v) is 2.91. The molecule has 0 unspecified atom stereocenters. The van der Waals surface area contributed by atoms with Crippen LogP contribution in [-0.4, -0.2) is 50.2 Å². The lowest BCUT2D eigenvalue weighted by atomic mass is 10.1. The molecule has 3 rings (SSSR count). The van der Waals surface area contributed by atoms with Gasteiger partial charge in [-0.15, -0.1) is 10.2 Å². The van der Waals surface area contributed by atoms with Gasteiger partial charge in [-0.05, 0) is 31.2 Å². The summed E-state index contributed by atoms with van der Waals surface area (Å²) >= 11 is 0. The lowest BCUT2D eigenvalue weighted by molar-refractivity contribution is -0.113. The molecule has 0 bridgehead atoms. The van der Waals surface area contributed by atoms with E-state index in [0.29, 0.717) is 0 Å². The van der Waals surface area contributed by atoms with Gasteiger partial charge in [-0.2, -0.15) is 0 Å². The summed E-state index contributed by atoms with van der Waals surface area (Å²) < 4.78 is 5.19. The first kappa shape index (κ1) is 24.4. The number of allylic oxidation sites excluding steroid dienone is 1. The number of azo groups is 1. The van der Waals surface area contributed by atoms with Crippen molar-refractivity contribution in [3.63, 3.8) is 0 Å². The average molecular weight is 483 g/mol. The van der Waals surface area contributed by atoms with Crippen molar-refractivity contribution in [1.29, 1.82) is 0 Å². The summed E-state index contributed by atoms with van der Waals surface area (Å²) in [6.07, 6.45) is 0. The summed E-state index contributed by atoms with van der Waals surface area (Å²) in [5.41, 5.74) is -3.04. The Morgan fingerprint density at radius 3 is 2.11 bits per heavy atom. The lowest BCUT2D eigenvalue weighted by Gasteiger charge is -2.12. The molecule has 1 amide bonds. The van der Waals surface area contributed by atoms with Gasteiger partial charge in [0.15, 0.2) is 5.70 Å². The topological polar surface area (TPSA) is 224 Å². The van der Waals surface area contributed by atoms with Crippen LogP contribution in [0.1, 0.15) is 27.6 Å². The molecule has 0 saturated carbocycles. The quantitative estimate of drug-likeness (QED) is 0.125. The largest absolute Gasteiger partial charge is 0.510 e. The Labute approximate surface area is 194 Å². The smallest absolute Gasteiger partial charge is 0.337 e. The van der Waals surface area contributed by atoms with E-state index in [4.69, 9.17) is 9.84 Å². The van der Waals surface area contributed by atoms with Crippen molar-refractivity contribution < 1.29 is 34.4 Å². The van der Waals surface area contributed by atoms with Crippen LogP contribution in [-0.2, 0) is 4.79 Å². The minimum absolute atomic E-state index is 0.0285. The third kappa shape index (κ3) is 5.22. The van der Waals surface area contributed by atoms with Crippen molar-refractivity contribution in [3.8, 4) is 5.75 Å². The zero-order valence-electron chi connectivity index (χ0n) is 18.1. The van der Waals surface area contributed by atoms with Gasteiger partial charge in [-0.3, -0.25) is 14.4 Å². The Balaban J connectivity index is 2.00. The van der Waals surface area contributed by atoms with Crippen molar-refractivity contribution in [2.45, 2.75) is 6.92 Å². The number of carbonyl (C=O) groups excluding carboxylic acids is 1. The van der Waals surface area contributed by atoms with Gasteiger partial charge in [0.2, 0.25) is 0 Å². The third-order valence-corrected chi connectivity index (χ3v) is 4.58. The molecule has 1 heterocycles. The summed E-state index contributed by atoms with van der Waals surface area (Å²) in [5, 5.41) is 38.1. The molecule has 0 aliphatic rings. The Kier molecular flexibility index (Phi) is 6.75. The first-order valence-corrected chi connectivity index (χ1v) is 9.59. The maximum Gasteiger partial charge on any atom is 0.337 e. The van der Waals surface area contributed by atoms with Crippen LogP contribution >= 0.6 is 0 Å². The van der Waals surface area contributed by atoms with Crippen LogP contribution in [0.5, 0.6) is 5.75 Å². The Bertz CT molecular complexity index is 1550. The van der Waals surface area contributed by atoms with Gasteiger partial charge < -0.3 is 35.3 Å². The average Bonchev–Trinajstić information content (AvgIpc) is 2.79. The van der Waals surface area contributed by atoms with E-state index in [2.05, 4.69) is 25.5 Å². The second kappa shape index (κ2) is 9.70. The number of aromatic amines is 2. The number of nitrogens with zero attached hydrogens (tertiary/aromatic N) is 2. The van der Waals surface area contributed by atoms with Crippen molar-refractivity contribution in [3.05, 3.63) is 73.6 Å². The van der Waals surface area contributed by atoms with Crippen molar-refractivity contribution in [2.75, 3.05) is 12.4 Å². The van der Waals surface area contributed by atoms with E-state index in [1.165, 1.54) is 19.2 Å². The summed E-state index contributed by atoms with van der Waals surface area (Å²) in [5.74, 6) is -4.25. The summed E-state index contributed by atoms with van der Waals surface area (Å²) in [7, 11) is 1.29. The molecule has 0 atom stereocenters. The number of nitrogens with one attached hydrogen (secondary N) is 3. The molecule has 0 fully saturated rings. The number of aromatic carboxylic acids is 2. The van der Waals surface area contributed by atoms with E-state index in [1.807, 2.05) is 0 Å². The Morgan fingerprint density at radius 2 is 1.57 bits per heavy atom. The molecule has 1 aromatic heterocycles. The molecule has 0 saturated heterocycles. The molecule has 180 valence electrons. The number of methoxy groups -OCH3 is 1. The second-order valence-corrected chi connectivity index (χ2v) is 6.94. The van der Waals surface area contributed by atoms with Crippen molar-refractivity contribution in [1.82, 2.24) is 9.97 Å². The van der Waals surface area contributed by atoms with Crippen LogP contribution in [0.25, 0.3) is 11.0 Å². The number of benzene rings is 2. The molecule has 0 aliphatic heterocycles. The normalized spacial score (nSPS) is 11.8. The standard InChI is InChI=1S/C21H17N5O9/c1-8(27)16(26-25-11-5-9(20(31)32)3-4-10(11)21(33)34)17(28)24-14-6-12-13(7-15(14)35-2)23-19(30)18(29)22-12/h3-7,27H,1-2H3,(H,22,29)(H,23,30)(H,24,28)(H,31,32)(H,33,34). The van der Waals surface area contributed by atoms with E-state index < -0.39 is 40.4 Å². The highest BCUT2D eigenvalue weighted by Crippen LogP contribution is 2.29. The maximum atomic E-state index is 12.8. The van der Waals surface area contributed by atoms with Crippen LogP contribution in [0.15, 0.2) is 61.6 Å². The molecule has 14 nitrogen and oxygen atoms in total. The van der Waals surface area contributed by atoms with Crippen molar-refractivity contribution in [2.24, 2.45) is 10.2 Å². The van der Waals surface area contributed by atoms with Crippen molar-refractivity contribution >= 4 is 40.3 Å². The van der Waals surface area contributed by atoms with E-state index >= 15 is 0 Å². The van der Waals surface area contributed by atoms with Crippen LogP contribution in [0.2, 0.25) is 0 Å². The number of fused-ring (bicyclic) bond motifs is 1. The number of carbonyl (C=O) groups is 3. The van der Waals surface area contributed by atoms with Crippen LogP contribution in [0.3, 0.4) is 0 Å². The first-order chi connectivity index (χ1) is 16.5. The van der Waals surface area contributed by atoms with Gasteiger partial charge in [0, 0.05) is 6.07 Å². The number of ether oxygens (including phenoxy) is 1. The minimum atomic E-state index is -1.42. The Hall–Kier alpha value is -5.27. The number of aromatic nitrogens is 2. The highest BCUT2D eigenvalue weighted by molar-refractivity contribution is 6.05. The van der Waals surface area contributed by atoms with E-state index in [-0.39, 0.29) is 39.3 Å². The fourth-order valence-electron chi connectivity index (χ4n) is 2.91. The van der Waals surface area contributed by atoms with E-state index in [9.17, 15) is 34.2 Å². The highest BCUT2D eigenvalue weighted by Gasteiger charge is 2.18. The van der Waals surface area contributed by atoms with Gasteiger partial charge in [-0.1, -0.05) is 0 Å². The van der Waals surface area contributed by atoms with Gasteiger partial charge in [0.25, 0.3) is 5.91 Å². The summed E-state index contributed by atoms with van der Waals surface area (Å²) in [6.45, 7) is 1.12. The predicted octanol–water partition coefficient (Wildman–Crippen LogP) is 2.13. The van der Waals surface area contributed by atoms with Crippen LogP contribution in [0, 0.1) is 0 Å². The molecule has 6 N–H and O–H groups in total. The number of hydrogen-bond donors (Lipinski definition) is 6. The van der Waals surface area contributed by atoms with E-state index in [1.54, 1.807) is 0 Å². The number of hydrogen-bond acceptors (Lipinski definition) is 9. The van der Waals surface area contributed by atoms with Gasteiger partial charge >= 0.3 is 23.1 Å². The number of anilines is 1. The van der Waals surface area contributed by atoms with E-state index in [0.717, 1.165) is 25.1 Å². The molecule has 0 aliphatic carbocycles. The van der Waals surface area contributed by atoms with Gasteiger partial charge in [0.1, 0.15) is 17.2 Å². The third-order valence-electron chi connectivity index (χ3n) is 4.58. The number of amides is 1. The molecule has 3 aromatic rings. The monoisotopic (exact) mass is 483 g/mol. The fraction of sp³-hybridized carbons (Fsp3) is 0.0952. The number of carboxylic acids is 2. The molecule has 35 heavy (non-hydrogen) atoms. The molecule has 14 heteroatoms. The number of H-pyrrole nitrogens is 2. The van der Waals surface area contributed by atoms with Gasteiger partial charge in [-0.25, -0.2) is 9.59 Å². The second-order valence-electron chi connectivity index (χ2n) is 6.94. The SMILES string of the molecule is COc1cc2[nH]c(=O)c(=O)[nH]c2cc1NC(=O)C(N=Nc1cc(C(=O)O)ccc1C(=O)O)=C(C)O. The molecular weight excluding hydrogens is 466 g/mol. The predicted molar refractivity (Wildman–Crippen MR) is 121 cm³/mol. The van der Waals surface area contributed by atoms with Crippen LogP contribution in [0.4, 0.5) is 11.4 Å².